The average Bonchev–Trinajstić information content (AvgIpc) is 2.87. The maximum absolute atomic E-state index is 13.4. The molecule has 34 heavy (non-hydrogen) atoms. The van der Waals surface area contributed by atoms with Crippen LogP contribution in [0.3, 0.4) is 0 Å². The number of carbonyl (C=O) groups excluding carboxylic acids is 2. The van der Waals surface area contributed by atoms with Gasteiger partial charge >= 0.3 is 0 Å². The van der Waals surface area contributed by atoms with Gasteiger partial charge in [0.1, 0.15) is 6.04 Å². The fraction of sp³-hybridized carbons (Fsp3) is 0.429. The second-order valence-electron chi connectivity index (χ2n) is 8.70. The molecule has 0 spiro atoms. The fourth-order valence-corrected chi connectivity index (χ4v) is 4.26. The molecule has 0 radical (unpaired) electrons. The molecule has 2 amide bonds. The number of rotatable bonds is 11. The number of benzene rings is 2. The summed E-state index contributed by atoms with van der Waals surface area (Å²) in [4.78, 5) is 28.1. The van der Waals surface area contributed by atoms with Gasteiger partial charge in [-0.25, -0.2) is 0 Å². The van der Waals surface area contributed by atoms with E-state index in [0.29, 0.717) is 24.6 Å². The summed E-state index contributed by atoms with van der Waals surface area (Å²) in [5, 5.41) is 3.04. The van der Waals surface area contributed by atoms with Crippen LogP contribution < -0.4 is 14.8 Å². The largest absolute Gasteiger partial charge is 0.493 e. The van der Waals surface area contributed by atoms with Crippen molar-refractivity contribution < 1.29 is 19.1 Å². The highest BCUT2D eigenvalue weighted by atomic mass is 16.5. The molecule has 6 heteroatoms. The molecular weight excluding hydrogens is 428 g/mol. The van der Waals surface area contributed by atoms with E-state index in [1.807, 2.05) is 36.4 Å². The Balaban J connectivity index is 1.69. The molecule has 6 nitrogen and oxygen atoms in total. The number of ether oxygens (including phenoxy) is 2. The van der Waals surface area contributed by atoms with Gasteiger partial charge in [-0.3, -0.25) is 9.59 Å². The Kier molecular flexibility index (Phi) is 9.56. The Labute approximate surface area is 202 Å². The maximum Gasteiger partial charge on any atom is 0.242 e. The molecule has 0 saturated carbocycles. The van der Waals surface area contributed by atoms with Crippen LogP contribution in [0.1, 0.15) is 50.2 Å². The topological polar surface area (TPSA) is 67.9 Å². The number of carbonyl (C=O) groups is 2. The number of allylic oxidation sites excluding steroid dienone is 1. The Morgan fingerprint density at radius 3 is 2.44 bits per heavy atom. The first-order chi connectivity index (χ1) is 16.5. The minimum Gasteiger partial charge on any atom is -0.493 e. The van der Waals surface area contributed by atoms with Gasteiger partial charge in [-0.1, -0.05) is 48.0 Å². The third-order valence-electron chi connectivity index (χ3n) is 6.30. The lowest BCUT2D eigenvalue weighted by atomic mass is 9.97. The second kappa shape index (κ2) is 12.8. The van der Waals surface area contributed by atoms with Gasteiger partial charge in [0.2, 0.25) is 11.8 Å². The molecule has 0 fully saturated rings. The number of amides is 2. The summed E-state index contributed by atoms with van der Waals surface area (Å²) in [6.45, 7) is 2.76. The minimum atomic E-state index is -0.590. The zero-order valence-electron chi connectivity index (χ0n) is 20.5. The van der Waals surface area contributed by atoms with Crippen molar-refractivity contribution in [2.24, 2.45) is 0 Å². The number of nitrogens with zero attached hydrogens (tertiary/aromatic N) is 1. The van der Waals surface area contributed by atoms with Crippen LogP contribution in [-0.2, 0) is 22.6 Å². The first kappa shape index (κ1) is 25.3. The fourth-order valence-electron chi connectivity index (χ4n) is 4.26. The summed E-state index contributed by atoms with van der Waals surface area (Å²) < 4.78 is 10.7. The van der Waals surface area contributed by atoms with Crippen LogP contribution in [-0.4, -0.2) is 43.5 Å². The number of nitrogens with one attached hydrogen (secondary N) is 1. The molecule has 0 aromatic heterocycles. The van der Waals surface area contributed by atoms with E-state index in [1.165, 1.54) is 18.4 Å². The number of hydrogen-bond donors (Lipinski definition) is 1. The van der Waals surface area contributed by atoms with Crippen molar-refractivity contribution in [3.63, 3.8) is 0 Å². The van der Waals surface area contributed by atoms with Crippen LogP contribution in [0, 0.1) is 0 Å². The summed E-state index contributed by atoms with van der Waals surface area (Å²) >= 11 is 0. The molecule has 2 aromatic rings. The lowest BCUT2D eigenvalue weighted by molar-refractivity contribution is -0.140. The molecule has 0 saturated heterocycles. The van der Waals surface area contributed by atoms with E-state index in [0.717, 1.165) is 30.4 Å². The standard InChI is InChI=1S/C28H36N2O4/c1-21(28(32)29-17-16-22-10-6-4-7-11-22)30(20-23-12-8-5-9-13-23)27(31)19-24-14-15-25(33-2)26(18-24)34-3/h5,8-10,12-15,18,21H,4,6-7,11,16-17,19-20H2,1-3H3,(H,29,32)/t21-/m0/s1. The maximum atomic E-state index is 13.4. The van der Waals surface area contributed by atoms with Gasteiger partial charge in [-0.05, 0) is 62.3 Å². The molecule has 0 unspecified atom stereocenters. The van der Waals surface area contributed by atoms with E-state index >= 15 is 0 Å². The van der Waals surface area contributed by atoms with Crippen molar-refractivity contribution >= 4 is 11.8 Å². The van der Waals surface area contributed by atoms with Crippen LogP contribution in [0.4, 0.5) is 0 Å². The number of hydrogen-bond acceptors (Lipinski definition) is 4. The Bertz CT molecular complexity index is 987. The van der Waals surface area contributed by atoms with Crippen LogP contribution >= 0.6 is 0 Å². The van der Waals surface area contributed by atoms with Gasteiger partial charge in [0.05, 0.1) is 20.6 Å². The van der Waals surface area contributed by atoms with Gasteiger partial charge in [0.25, 0.3) is 0 Å². The molecule has 1 N–H and O–H groups in total. The van der Waals surface area contributed by atoms with E-state index in [1.54, 1.807) is 38.2 Å². The highest BCUT2D eigenvalue weighted by molar-refractivity contribution is 5.88. The monoisotopic (exact) mass is 464 g/mol. The predicted molar refractivity (Wildman–Crippen MR) is 134 cm³/mol. The van der Waals surface area contributed by atoms with E-state index in [-0.39, 0.29) is 18.2 Å². The van der Waals surface area contributed by atoms with Crippen molar-refractivity contribution in [2.75, 3.05) is 20.8 Å². The first-order valence-electron chi connectivity index (χ1n) is 12.0. The molecule has 0 aliphatic heterocycles. The molecule has 3 rings (SSSR count). The zero-order valence-corrected chi connectivity index (χ0v) is 20.5. The molecule has 1 atom stereocenters. The molecule has 0 bridgehead atoms. The minimum absolute atomic E-state index is 0.117. The molecule has 1 aliphatic rings. The van der Waals surface area contributed by atoms with Gasteiger partial charge < -0.3 is 19.7 Å². The molecule has 0 heterocycles. The van der Waals surface area contributed by atoms with E-state index in [4.69, 9.17) is 9.47 Å². The third kappa shape index (κ3) is 7.11. The lowest BCUT2D eigenvalue weighted by Gasteiger charge is -2.29. The molecule has 2 aromatic carbocycles. The zero-order chi connectivity index (χ0) is 24.3. The van der Waals surface area contributed by atoms with Gasteiger partial charge in [-0.2, -0.15) is 0 Å². The Morgan fingerprint density at radius 2 is 1.76 bits per heavy atom. The average molecular weight is 465 g/mol. The van der Waals surface area contributed by atoms with Crippen LogP contribution in [0.2, 0.25) is 0 Å². The van der Waals surface area contributed by atoms with Crippen LogP contribution in [0.25, 0.3) is 0 Å². The summed E-state index contributed by atoms with van der Waals surface area (Å²) in [7, 11) is 3.15. The first-order valence-corrected chi connectivity index (χ1v) is 12.0. The van der Waals surface area contributed by atoms with Crippen molar-refractivity contribution in [1.82, 2.24) is 10.2 Å². The molecule has 182 valence electrons. The lowest BCUT2D eigenvalue weighted by Crippen LogP contribution is -2.48. The highest BCUT2D eigenvalue weighted by Crippen LogP contribution is 2.28. The smallest absolute Gasteiger partial charge is 0.242 e. The predicted octanol–water partition coefficient (Wildman–Crippen LogP) is 4.67. The third-order valence-corrected chi connectivity index (χ3v) is 6.30. The highest BCUT2D eigenvalue weighted by Gasteiger charge is 2.26. The van der Waals surface area contributed by atoms with E-state index in [2.05, 4.69) is 11.4 Å². The Hall–Kier alpha value is -3.28. The van der Waals surface area contributed by atoms with Crippen molar-refractivity contribution in [1.29, 1.82) is 0 Å². The summed E-state index contributed by atoms with van der Waals surface area (Å²) in [5.41, 5.74) is 3.21. The van der Waals surface area contributed by atoms with Gasteiger partial charge in [0.15, 0.2) is 11.5 Å². The van der Waals surface area contributed by atoms with Crippen molar-refractivity contribution in [3.05, 3.63) is 71.3 Å². The van der Waals surface area contributed by atoms with Gasteiger partial charge in [0, 0.05) is 13.1 Å². The SMILES string of the molecule is COc1ccc(CC(=O)N(Cc2ccccc2)[C@@H](C)C(=O)NCCC2=CCCCC2)cc1OC. The van der Waals surface area contributed by atoms with Crippen LogP contribution in [0.5, 0.6) is 11.5 Å². The molecular formula is C28H36N2O4. The summed E-state index contributed by atoms with van der Waals surface area (Å²) in [6.07, 6.45) is 8.07. The Morgan fingerprint density at radius 1 is 1.00 bits per heavy atom. The molecule has 1 aliphatic carbocycles. The quantitative estimate of drug-likeness (QED) is 0.491. The second-order valence-corrected chi connectivity index (χ2v) is 8.70. The van der Waals surface area contributed by atoms with Crippen molar-refractivity contribution in [3.8, 4) is 11.5 Å². The number of methoxy groups -OCH3 is 2. The van der Waals surface area contributed by atoms with Crippen molar-refractivity contribution in [2.45, 2.75) is 58.0 Å². The van der Waals surface area contributed by atoms with E-state index in [9.17, 15) is 9.59 Å². The summed E-state index contributed by atoms with van der Waals surface area (Å²) in [5.74, 6) is 0.938. The van der Waals surface area contributed by atoms with E-state index < -0.39 is 6.04 Å². The van der Waals surface area contributed by atoms with Crippen LogP contribution in [0.15, 0.2) is 60.2 Å². The van der Waals surface area contributed by atoms with Gasteiger partial charge in [-0.15, -0.1) is 0 Å². The summed E-state index contributed by atoms with van der Waals surface area (Å²) in [6, 6.07) is 14.6. The normalized spacial score (nSPS) is 14.0.